The van der Waals surface area contributed by atoms with Crippen LogP contribution in [0.1, 0.15) is 32.0 Å². The first-order chi connectivity index (χ1) is 13.3. The van der Waals surface area contributed by atoms with Gasteiger partial charge in [0.2, 0.25) is 5.95 Å². The number of pyridine rings is 1. The minimum absolute atomic E-state index is 0.0548. The highest BCUT2D eigenvalue weighted by atomic mass is 35.5. The molecule has 2 aromatic heterocycles. The Morgan fingerprint density at radius 2 is 2.18 bits per heavy atom. The molecule has 1 aliphatic heterocycles. The molecule has 28 heavy (non-hydrogen) atoms. The van der Waals surface area contributed by atoms with Crippen molar-refractivity contribution in [3.05, 3.63) is 40.0 Å². The van der Waals surface area contributed by atoms with Gasteiger partial charge in [0.1, 0.15) is 12.6 Å². The Labute approximate surface area is 170 Å². The van der Waals surface area contributed by atoms with Crippen LogP contribution in [0.4, 0.5) is 21.0 Å². The number of anilines is 2. The number of hydrogen-bond acceptors (Lipinski definition) is 7. The second-order valence-corrected chi connectivity index (χ2v) is 7.09. The summed E-state index contributed by atoms with van der Waals surface area (Å²) in [6, 6.07) is 0.391. The Hall–Kier alpha value is -2.23. The van der Waals surface area contributed by atoms with Gasteiger partial charge in [-0.05, 0) is 19.4 Å². The molecule has 2 aromatic rings. The van der Waals surface area contributed by atoms with Gasteiger partial charge < -0.3 is 15.2 Å². The molecule has 1 fully saturated rings. The van der Waals surface area contributed by atoms with Gasteiger partial charge in [-0.1, -0.05) is 30.1 Å². The fourth-order valence-electron chi connectivity index (χ4n) is 2.84. The number of carbonyl (C=O) groups excluding carboxylic acids is 1. The van der Waals surface area contributed by atoms with E-state index in [9.17, 15) is 14.3 Å². The molecule has 150 valence electrons. The van der Waals surface area contributed by atoms with Crippen LogP contribution in [0.25, 0.3) is 0 Å². The molecule has 2 N–H and O–H groups in total. The Morgan fingerprint density at radius 1 is 1.43 bits per heavy atom. The number of cyclic esters (lactones) is 1. The van der Waals surface area contributed by atoms with Gasteiger partial charge in [-0.2, -0.15) is 4.98 Å². The van der Waals surface area contributed by atoms with Crippen LogP contribution in [-0.2, 0) is 4.74 Å². The maximum absolute atomic E-state index is 14.4. The number of ether oxygens (including phenoxy) is 1. The van der Waals surface area contributed by atoms with Crippen molar-refractivity contribution in [3.8, 4) is 0 Å². The first-order valence-electron chi connectivity index (χ1n) is 8.55. The van der Waals surface area contributed by atoms with Crippen molar-refractivity contribution in [3.63, 3.8) is 0 Å². The molecule has 3 atom stereocenters. The summed E-state index contributed by atoms with van der Waals surface area (Å²) < 4.78 is 19.3. The predicted octanol–water partition coefficient (Wildman–Crippen LogP) is 3.59. The van der Waals surface area contributed by atoms with Gasteiger partial charge in [-0.25, -0.2) is 19.1 Å². The molecule has 0 saturated carbocycles. The van der Waals surface area contributed by atoms with E-state index in [1.54, 1.807) is 19.9 Å². The van der Waals surface area contributed by atoms with Crippen LogP contribution in [0.2, 0.25) is 10.0 Å². The van der Waals surface area contributed by atoms with Gasteiger partial charge in [0, 0.05) is 6.20 Å². The number of hydrogen-bond donors (Lipinski definition) is 2. The van der Waals surface area contributed by atoms with Crippen LogP contribution < -0.4 is 10.2 Å². The van der Waals surface area contributed by atoms with E-state index in [-0.39, 0.29) is 18.4 Å². The van der Waals surface area contributed by atoms with Gasteiger partial charge >= 0.3 is 6.09 Å². The van der Waals surface area contributed by atoms with E-state index in [0.717, 1.165) is 11.1 Å². The van der Waals surface area contributed by atoms with Gasteiger partial charge in [0.25, 0.3) is 0 Å². The summed E-state index contributed by atoms with van der Waals surface area (Å²) >= 11 is 12.0. The fraction of sp³-hybridized carbons (Fsp3) is 0.412. The summed E-state index contributed by atoms with van der Waals surface area (Å²) in [7, 11) is 0. The summed E-state index contributed by atoms with van der Waals surface area (Å²) in [6.07, 6.45) is 1.10. The molecule has 0 aromatic carbocycles. The monoisotopic (exact) mass is 429 g/mol. The second-order valence-electron chi connectivity index (χ2n) is 6.24. The Kier molecular flexibility index (Phi) is 6.17. The van der Waals surface area contributed by atoms with E-state index in [2.05, 4.69) is 20.3 Å². The minimum Gasteiger partial charge on any atom is -0.447 e. The van der Waals surface area contributed by atoms with Crippen LogP contribution in [0.3, 0.4) is 0 Å². The quantitative estimate of drug-likeness (QED) is 0.723. The third-order valence-corrected chi connectivity index (χ3v) is 4.82. The van der Waals surface area contributed by atoms with Crippen molar-refractivity contribution in [2.45, 2.75) is 38.5 Å². The molecule has 1 amide bonds. The lowest BCUT2D eigenvalue weighted by molar-refractivity contribution is 0.125. The first-order valence-corrected chi connectivity index (χ1v) is 9.31. The summed E-state index contributed by atoms with van der Waals surface area (Å²) in [5, 5.41) is 13.8. The number of nitrogens with one attached hydrogen (secondary N) is 1. The number of aromatic nitrogens is 3. The molecule has 8 nitrogen and oxygen atoms in total. The minimum atomic E-state index is -0.881. The van der Waals surface area contributed by atoms with E-state index >= 15 is 0 Å². The Balaban J connectivity index is 1.88. The van der Waals surface area contributed by atoms with Crippen molar-refractivity contribution >= 4 is 41.1 Å². The highest BCUT2D eigenvalue weighted by molar-refractivity contribution is 6.34. The van der Waals surface area contributed by atoms with E-state index in [4.69, 9.17) is 27.9 Å². The molecule has 3 heterocycles. The number of halogens is 3. The summed E-state index contributed by atoms with van der Waals surface area (Å²) in [6.45, 7) is 3.46. The molecular weight excluding hydrogens is 412 g/mol. The van der Waals surface area contributed by atoms with Crippen LogP contribution >= 0.6 is 23.2 Å². The van der Waals surface area contributed by atoms with E-state index in [1.807, 2.05) is 0 Å². The molecule has 3 rings (SSSR count). The average Bonchev–Trinajstić information content (AvgIpc) is 3.03. The number of aliphatic hydroxyl groups is 1. The number of rotatable bonds is 6. The Bertz CT molecular complexity index is 888. The third kappa shape index (κ3) is 4.11. The highest BCUT2D eigenvalue weighted by Gasteiger charge is 2.40. The third-order valence-electron chi connectivity index (χ3n) is 4.31. The van der Waals surface area contributed by atoms with E-state index in [0.29, 0.717) is 22.2 Å². The second kappa shape index (κ2) is 8.42. The van der Waals surface area contributed by atoms with Gasteiger partial charge in [0.05, 0.1) is 34.1 Å². The van der Waals surface area contributed by atoms with Crippen molar-refractivity contribution in [2.75, 3.05) is 16.8 Å². The van der Waals surface area contributed by atoms with Gasteiger partial charge in [-0.3, -0.25) is 4.98 Å². The van der Waals surface area contributed by atoms with Crippen LogP contribution in [0, 0.1) is 5.82 Å². The molecule has 0 spiro atoms. The van der Waals surface area contributed by atoms with Crippen LogP contribution in [0.15, 0.2) is 18.5 Å². The number of nitrogens with zero attached hydrogens (tertiary/aromatic N) is 4. The smallest absolute Gasteiger partial charge is 0.416 e. The topological polar surface area (TPSA) is 100 Å². The fourth-order valence-corrected chi connectivity index (χ4v) is 3.38. The molecule has 1 saturated heterocycles. The maximum Gasteiger partial charge on any atom is 0.416 e. The molecule has 1 aliphatic rings. The standard InChI is InChI=1S/C17H18Cl2FN5O3/c1-3-13(26)12-7-28-17(27)25(12)15-11(20)6-22-16(24-15)23-8(2)14-10(19)4-9(18)5-21-14/h4-6,8,12-13,26H,3,7H2,1-2H3,(H,22,23,24)/t8-,12+,13+/m0/s1. The van der Waals surface area contributed by atoms with E-state index < -0.39 is 30.1 Å². The molecule has 0 aliphatic carbocycles. The lowest BCUT2D eigenvalue weighted by Gasteiger charge is -2.24. The van der Waals surface area contributed by atoms with Crippen LogP contribution in [0.5, 0.6) is 0 Å². The molecule has 11 heteroatoms. The zero-order chi connectivity index (χ0) is 20.4. The largest absolute Gasteiger partial charge is 0.447 e. The van der Waals surface area contributed by atoms with Crippen molar-refractivity contribution in [1.82, 2.24) is 15.0 Å². The zero-order valence-corrected chi connectivity index (χ0v) is 16.6. The molecular formula is C17H18Cl2FN5O3. The zero-order valence-electron chi connectivity index (χ0n) is 15.1. The molecule has 0 unspecified atom stereocenters. The van der Waals surface area contributed by atoms with E-state index in [1.165, 1.54) is 6.20 Å². The number of carbonyl (C=O) groups is 1. The van der Waals surface area contributed by atoms with Crippen molar-refractivity contribution in [1.29, 1.82) is 0 Å². The highest BCUT2D eigenvalue weighted by Crippen LogP contribution is 2.29. The number of amides is 1. The van der Waals surface area contributed by atoms with Crippen LogP contribution in [-0.4, -0.2) is 44.9 Å². The Morgan fingerprint density at radius 3 is 2.86 bits per heavy atom. The summed E-state index contributed by atoms with van der Waals surface area (Å²) in [5.41, 5.74) is 0.500. The maximum atomic E-state index is 14.4. The summed E-state index contributed by atoms with van der Waals surface area (Å²) in [5.74, 6) is -1.03. The number of aliphatic hydroxyl groups excluding tert-OH is 1. The predicted molar refractivity (Wildman–Crippen MR) is 102 cm³/mol. The lowest BCUT2D eigenvalue weighted by Crippen LogP contribution is -2.43. The lowest BCUT2D eigenvalue weighted by atomic mass is 10.1. The normalized spacial score (nSPS) is 18.7. The molecule has 0 radical (unpaired) electrons. The van der Waals surface area contributed by atoms with Gasteiger partial charge in [-0.15, -0.1) is 0 Å². The van der Waals surface area contributed by atoms with Gasteiger partial charge in [0.15, 0.2) is 11.6 Å². The average molecular weight is 430 g/mol. The summed E-state index contributed by atoms with van der Waals surface area (Å²) in [4.78, 5) is 25.3. The molecule has 0 bridgehead atoms. The van der Waals surface area contributed by atoms with Crippen molar-refractivity contribution < 1.29 is 19.0 Å². The SMILES string of the molecule is CC[C@@H](O)[C@H]1COC(=O)N1c1nc(N[C@@H](C)c2ncc(Cl)cc2Cl)ncc1F. The van der Waals surface area contributed by atoms with Crippen molar-refractivity contribution in [2.24, 2.45) is 0 Å². The first kappa shape index (κ1) is 20.5.